The van der Waals surface area contributed by atoms with E-state index in [4.69, 9.17) is 10.9 Å². The maximum Gasteiger partial charge on any atom is 0.321 e. The number of benzene rings is 1. The lowest BCUT2D eigenvalue weighted by Crippen LogP contribution is -2.40. The number of nitrogens with one attached hydrogen (secondary N) is 1. The van der Waals surface area contributed by atoms with E-state index in [1.165, 1.54) is 4.90 Å². The Morgan fingerprint density at radius 3 is 2.67 bits per heavy atom. The molecule has 0 bridgehead atoms. The molecule has 18 heavy (non-hydrogen) atoms. The third-order valence-corrected chi connectivity index (χ3v) is 2.64. The SMILES string of the molecule is CC(C/C(N)=N/O)N(C)C(=O)Nc1ccccc1. The Morgan fingerprint density at radius 1 is 1.50 bits per heavy atom. The van der Waals surface area contributed by atoms with Gasteiger partial charge in [-0.15, -0.1) is 0 Å². The van der Waals surface area contributed by atoms with E-state index in [-0.39, 0.29) is 17.9 Å². The largest absolute Gasteiger partial charge is 0.409 e. The van der Waals surface area contributed by atoms with Gasteiger partial charge in [-0.2, -0.15) is 0 Å². The summed E-state index contributed by atoms with van der Waals surface area (Å²) in [5, 5.41) is 14.1. The van der Waals surface area contributed by atoms with Crippen LogP contribution in [0.15, 0.2) is 35.5 Å². The molecule has 1 aromatic carbocycles. The molecule has 0 heterocycles. The molecule has 1 unspecified atom stereocenters. The van der Waals surface area contributed by atoms with E-state index in [0.717, 1.165) is 5.69 Å². The Kier molecular flexibility index (Phi) is 4.98. The molecule has 98 valence electrons. The van der Waals surface area contributed by atoms with E-state index < -0.39 is 0 Å². The van der Waals surface area contributed by atoms with Crippen LogP contribution in [0.25, 0.3) is 0 Å². The minimum Gasteiger partial charge on any atom is -0.409 e. The highest BCUT2D eigenvalue weighted by Crippen LogP contribution is 2.08. The van der Waals surface area contributed by atoms with Crippen LogP contribution in [0.1, 0.15) is 13.3 Å². The summed E-state index contributed by atoms with van der Waals surface area (Å²) in [5.74, 6) is 0.0989. The minimum absolute atomic E-state index is 0.0989. The standard InChI is InChI=1S/C12H18N4O2/c1-9(8-11(13)15-18)16(2)12(17)14-10-6-4-3-5-7-10/h3-7,9,18H,8H2,1-2H3,(H2,13,15)(H,14,17). The molecular formula is C12H18N4O2. The van der Waals surface area contributed by atoms with E-state index in [9.17, 15) is 4.79 Å². The number of oxime groups is 1. The highest BCUT2D eigenvalue weighted by Gasteiger charge is 2.16. The Labute approximate surface area is 106 Å². The number of hydrogen-bond acceptors (Lipinski definition) is 3. The van der Waals surface area contributed by atoms with Crippen molar-refractivity contribution in [2.45, 2.75) is 19.4 Å². The molecule has 0 aromatic heterocycles. The first-order chi connectivity index (χ1) is 8.54. The van der Waals surface area contributed by atoms with Crippen molar-refractivity contribution >= 4 is 17.6 Å². The van der Waals surface area contributed by atoms with Gasteiger partial charge in [0.25, 0.3) is 0 Å². The smallest absolute Gasteiger partial charge is 0.321 e. The molecule has 2 amide bonds. The van der Waals surface area contributed by atoms with E-state index in [1.807, 2.05) is 25.1 Å². The van der Waals surface area contributed by atoms with Crippen molar-refractivity contribution in [2.75, 3.05) is 12.4 Å². The van der Waals surface area contributed by atoms with Crippen LogP contribution in [-0.4, -0.2) is 35.1 Å². The van der Waals surface area contributed by atoms with Gasteiger partial charge < -0.3 is 21.2 Å². The Hall–Kier alpha value is -2.24. The maximum atomic E-state index is 11.9. The number of hydrogen-bond donors (Lipinski definition) is 3. The summed E-state index contributed by atoms with van der Waals surface area (Å²) in [6.45, 7) is 1.82. The van der Waals surface area contributed by atoms with Gasteiger partial charge in [0.05, 0.1) is 0 Å². The molecule has 0 aliphatic carbocycles. The molecule has 0 saturated heterocycles. The normalized spacial score (nSPS) is 12.9. The molecule has 6 nitrogen and oxygen atoms in total. The fraction of sp³-hybridized carbons (Fsp3) is 0.333. The number of carbonyl (C=O) groups is 1. The second-order valence-electron chi connectivity index (χ2n) is 4.05. The molecule has 0 radical (unpaired) electrons. The van der Waals surface area contributed by atoms with Crippen LogP contribution >= 0.6 is 0 Å². The summed E-state index contributed by atoms with van der Waals surface area (Å²) >= 11 is 0. The number of rotatable bonds is 4. The van der Waals surface area contributed by atoms with Gasteiger partial charge in [-0.1, -0.05) is 23.4 Å². The number of carbonyl (C=O) groups excluding carboxylic acids is 1. The van der Waals surface area contributed by atoms with Gasteiger partial charge in [0.1, 0.15) is 5.84 Å². The number of amides is 2. The lowest BCUT2D eigenvalue weighted by Gasteiger charge is -2.24. The fourth-order valence-corrected chi connectivity index (χ4v) is 1.41. The van der Waals surface area contributed by atoms with Crippen LogP contribution in [0.3, 0.4) is 0 Å². The second kappa shape index (κ2) is 6.48. The first-order valence-electron chi connectivity index (χ1n) is 5.60. The topological polar surface area (TPSA) is 91.0 Å². The molecule has 0 aliphatic rings. The van der Waals surface area contributed by atoms with Gasteiger partial charge >= 0.3 is 6.03 Å². The lowest BCUT2D eigenvalue weighted by atomic mass is 10.2. The predicted molar refractivity (Wildman–Crippen MR) is 70.7 cm³/mol. The molecule has 1 aromatic rings. The average molecular weight is 250 g/mol. The summed E-state index contributed by atoms with van der Waals surface area (Å²) in [4.78, 5) is 13.4. The number of urea groups is 1. The van der Waals surface area contributed by atoms with Crippen molar-refractivity contribution in [1.29, 1.82) is 0 Å². The van der Waals surface area contributed by atoms with Crippen LogP contribution < -0.4 is 11.1 Å². The quantitative estimate of drug-likeness (QED) is 0.328. The first-order valence-corrected chi connectivity index (χ1v) is 5.60. The Morgan fingerprint density at radius 2 is 2.11 bits per heavy atom. The van der Waals surface area contributed by atoms with Gasteiger partial charge in [-0.05, 0) is 19.1 Å². The molecule has 6 heteroatoms. The zero-order valence-corrected chi connectivity index (χ0v) is 10.5. The van der Waals surface area contributed by atoms with Gasteiger partial charge in [-0.25, -0.2) is 4.79 Å². The first kappa shape index (κ1) is 13.8. The van der Waals surface area contributed by atoms with E-state index >= 15 is 0 Å². The highest BCUT2D eigenvalue weighted by atomic mass is 16.4. The van der Waals surface area contributed by atoms with Crippen molar-refractivity contribution in [3.8, 4) is 0 Å². The van der Waals surface area contributed by atoms with Gasteiger partial charge in [0.15, 0.2) is 0 Å². The molecule has 1 rings (SSSR count). The predicted octanol–water partition coefficient (Wildman–Crippen LogP) is 1.68. The van der Waals surface area contributed by atoms with Crippen LogP contribution in [0.4, 0.5) is 10.5 Å². The second-order valence-corrected chi connectivity index (χ2v) is 4.05. The fourth-order valence-electron chi connectivity index (χ4n) is 1.41. The molecule has 0 aliphatic heterocycles. The third-order valence-electron chi connectivity index (χ3n) is 2.64. The number of nitrogens with two attached hydrogens (primary N) is 1. The van der Waals surface area contributed by atoms with Crippen molar-refractivity contribution in [1.82, 2.24) is 4.90 Å². The number of amidine groups is 1. The minimum atomic E-state index is -0.237. The van der Waals surface area contributed by atoms with Crippen molar-refractivity contribution in [3.63, 3.8) is 0 Å². The summed E-state index contributed by atoms with van der Waals surface area (Å²) in [6, 6.07) is 8.77. The highest BCUT2D eigenvalue weighted by molar-refractivity contribution is 5.90. The molecule has 0 spiro atoms. The molecule has 0 fully saturated rings. The number of para-hydroxylation sites is 1. The Balaban J connectivity index is 2.56. The molecule has 0 saturated carbocycles. The van der Waals surface area contributed by atoms with Gasteiger partial charge in [0, 0.05) is 25.2 Å². The summed E-state index contributed by atoms with van der Waals surface area (Å²) in [7, 11) is 1.66. The average Bonchev–Trinajstić information content (AvgIpc) is 2.38. The summed E-state index contributed by atoms with van der Waals surface area (Å²) in [5.41, 5.74) is 6.13. The van der Waals surface area contributed by atoms with Gasteiger partial charge in [0.2, 0.25) is 0 Å². The molecular weight excluding hydrogens is 232 g/mol. The number of anilines is 1. The molecule has 1 atom stereocenters. The Bertz CT molecular complexity index is 419. The van der Waals surface area contributed by atoms with Crippen LogP contribution in [-0.2, 0) is 0 Å². The van der Waals surface area contributed by atoms with Crippen molar-refractivity contribution < 1.29 is 10.0 Å². The van der Waals surface area contributed by atoms with Crippen LogP contribution in [0.2, 0.25) is 0 Å². The van der Waals surface area contributed by atoms with Crippen molar-refractivity contribution in [3.05, 3.63) is 30.3 Å². The third kappa shape index (κ3) is 3.97. The molecule has 4 N–H and O–H groups in total. The van der Waals surface area contributed by atoms with E-state index in [1.54, 1.807) is 19.2 Å². The zero-order valence-electron chi connectivity index (χ0n) is 10.5. The van der Waals surface area contributed by atoms with Crippen LogP contribution in [0.5, 0.6) is 0 Å². The van der Waals surface area contributed by atoms with Gasteiger partial charge in [-0.3, -0.25) is 0 Å². The van der Waals surface area contributed by atoms with Crippen molar-refractivity contribution in [2.24, 2.45) is 10.9 Å². The van der Waals surface area contributed by atoms with E-state index in [0.29, 0.717) is 6.42 Å². The van der Waals surface area contributed by atoms with E-state index in [2.05, 4.69) is 10.5 Å². The summed E-state index contributed by atoms with van der Waals surface area (Å²) in [6.07, 6.45) is 0.315. The summed E-state index contributed by atoms with van der Waals surface area (Å²) < 4.78 is 0. The lowest BCUT2D eigenvalue weighted by molar-refractivity contribution is 0.208. The maximum absolute atomic E-state index is 11.9. The van der Waals surface area contributed by atoms with Crippen LogP contribution in [0, 0.1) is 0 Å². The number of nitrogens with zero attached hydrogens (tertiary/aromatic N) is 2. The monoisotopic (exact) mass is 250 g/mol. The zero-order chi connectivity index (χ0) is 13.5.